The second kappa shape index (κ2) is 14.5. The summed E-state index contributed by atoms with van der Waals surface area (Å²) in [5.41, 5.74) is 1.93. The van der Waals surface area contributed by atoms with Crippen molar-refractivity contribution in [1.29, 1.82) is 0 Å². The lowest BCUT2D eigenvalue weighted by molar-refractivity contribution is 0.0989. The van der Waals surface area contributed by atoms with Crippen molar-refractivity contribution in [1.82, 2.24) is 0 Å². The van der Waals surface area contributed by atoms with E-state index >= 15 is 0 Å². The fourth-order valence-corrected chi connectivity index (χ4v) is 4.74. The Kier molecular flexibility index (Phi) is 11.7. The molecule has 0 aliphatic heterocycles. The molecule has 0 amide bonds. The van der Waals surface area contributed by atoms with Gasteiger partial charge in [0.25, 0.3) is 0 Å². The molecular weight excluding hydrogens is 360 g/mol. The van der Waals surface area contributed by atoms with Crippen molar-refractivity contribution in [2.75, 3.05) is 5.75 Å². The summed E-state index contributed by atoms with van der Waals surface area (Å²) in [6, 6.07) is 20.0. The number of benzene rings is 2. The molecule has 0 aliphatic rings. The van der Waals surface area contributed by atoms with E-state index in [0.717, 1.165) is 16.9 Å². The van der Waals surface area contributed by atoms with Gasteiger partial charge in [-0.3, -0.25) is 4.79 Å². The SMILES string of the molecule is CCCCCCCCCCCCSC(C(=O)c1ccccc1)c1ccccc1. The molecule has 0 aromatic heterocycles. The first-order valence-electron chi connectivity index (χ1n) is 11.1. The molecule has 0 radical (unpaired) electrons. The van der Waals surface area contributed by atoms with E-state index in [0.29, 0.717) is 0 Å². The van der Waals surface area contributed by atoms with Gasteiger partial charge in [-0.2, -0.15) is 0 Å². The average molecular weight is 397 g/mol. The van der Waals surface area contributed by atoms with E-state index in [1.54, 1.807) is 11.8 Å². The standard InChI is InChI=1S/C26H36OS/c1-2-3-4-5-6-7-8-9-10-17-22-28-26(24-20-15-12-16-21-24)25(27)23-18-13-11-14-19-23/h11-16,18-21,26H,2-10,17,22H2,1H3. The third-order valence-electron chi connectivity index (χ3n) is 5.18. The van der Waals surface area contributed by atoms with E-state index in [-0.39, 0.29) is 11.0 Å². The molecule has 2 aromatic carbocycles. The molecule has 0 saturated heterocycles. The van der Waals surface area contributed by atoms with Crippen LogP contribution in [0.25, 0.3) is 0 Å². The highest BCUT2D eigenvalue weighted by Gasteiger charge is 2.21. The summed E-state index contributed by atoms with van der Waals surface area (Å²) >= 11 is 1.81. The van der Waals surface area contributed by atoms with Gasteiger partial charge in [0.15, 0.2) is 5.78 Å². The Morgan fingerprint density at radius 1 is 0.714 bits per heavy atom. The molecule has 2 heteroatoms. The zero-order chi connectivity index (χ0) is 19.9. The van der Waals surface area contributed by atoms with Crippen molar-refractivity contribution >= 4 is 17.5 Å². The van der Waals surface area contributed by atoms with Crippen LogP contribution in [-0.2, 0) is 0 Å². The number of carbonyl (C=O) groups excluding carboxylic acids is 1. The number of unbranched alkanes of at least 4 members (excludes halogenated alkanes) is 9. The zero-order valence-electron chi connectivity index (χ0n) is 17.4. The molecule has 1 unspecified atom stereocenters. The highest BCUT2D eigenvalue weighted by Crippen LogP contribution is 2.33. The van der Waals surface area contributed by atoms with Crippen molar-refractivity contribution in [2.24, 2.45) is 0 Å². The minimum atomic E-state index is -0.0952. The van der Waals surface area contributed by atoms with Crippen molar-refractivity contribution in [2.45, 2.75) is 76.4 Å². The monoisotopic (exact) mass is 396 g/mol. The predicted molar refractivity (Wildman–Crippen MR) is 124 cm³/mol. The molecule has 0 spiro atoms. The van der Waals surface area contributed by atoms with E-state index < -0.39 is 0 Å². The van der Waals surface area contributed by atoms with Crippen LogP contribution in [0.1, 0.15) is 92.3 Å². The topological polar surface area (TPSA) is 17.1 Å². The van der Waals surface area contributed by atoms with Crippen LogP contribution in [0.5, 0.6) is 0 Å². The molecular formula is C26H36OS. The Labute approximate surface area is 176 Å². The lowest BCUT2D eigenvalue weighted by Crippen LogP contribution is -2.10. The van der Waals surface area contributed by atoms with Gasteiger partial charge in [0.05, 0.1) is 5.25 Å². The van der Waals surface area contributed by atoms with Gasteiger partial charge >= 0.3 is 0 Å². The number of hydrogen-bond donors (Lipinski definition) is 0. The van der Waals surface area contributed by atoms with Gasteiger partial charge in [-0.05, 0) is 17.7 Å². The molecule has 2 rings (SSSR count). The van der Waals surface area contributed by atoms with Crippen molar-refractivity contribution in [3.05, 3.63) is 71.8 Å². The van der Waals surface area contributed by atoms with Crippen molar-refractivity contribution < 1.29 is 4.79 Å². The Balaban J connectivity index is 1.71. The van der Waals surface area contributed by atoms with Gasteiger partial charge in [0.2, 0.25) is 0 Å². The van der Waals surface area contributed by atoms with Gasteiger partial charge in [0.1, 0.15) is 0 Å². The van der Waals surface area contributed by atoms with Crippen LogP contribution < -0.4 is 0 Å². The van der Waals surface area contributed by atoms with Gasteiger partial charge in [-0.1, -0.05) is 125 Å². The molecule has 28 heavy (non-hydrogen) atoms. The van der Waals surface area contributed by atoms with Gasteiger partial charge in [0, 0.05) is 5.56 Å². The van der Waals surface area contributed by atoms with E-state index in [1.165, 1.54) is 64.2 Å². The summed E-state index contributed by atoms with van der Waals surface area (Å²) in [4.78, 5) is 13.0. The third kappa shape index (κ3) is 8.65. The molecule has 0 fully saturated rings. The number of Topliss-reactive ketones (excluding diaryl/α,β-unsaturated/α-hetero) is 1. The molecule has 0 bridgehead atoms. The smallest absolute Gasteiger partial charge is 0.180 e. The first-order chi connectivity index (χ1) is 13.8. The second-order valence-electron chi connectivity index (χ2n) is 7.57. The molecule has 0 aliphatic carbocycles. The van der Waals surface area contributed by atoms with E-state index in [2.05, 4.69) is 19.1 Å². The van der Waals surface area contributed by atoms with Crippen LogP contribution in [0, 0.1) is 0 Å². The molecule has 1 nitrogen and oxygen atoms in total. The van der Waals surface area contributed by atoms with Crippen molar-refractivity contribution in [3.8, 4) is 0 Å². The van der Waals surface area contributed by atoms with Gasteiger partial charge in [-0.25, -0.2) is 0 Å². The molecule has 2 aromatic rings. The lowest BCUT2D eigenvalue weighted by atomic mass is 10.0. The summed E-state index contributed by atoms with van der Waals surface area (Å²) < 4.78 is 0. The summed E-state index contributed by atoms with van der Waals surface area (Å²) in [7, 11) is 0. The maximum Gasteiger partial charge on any atom is 0.180 e. The number of hydrogen-bond acceptors (Lipinski definition) is 2. The van der Waals surface area contributed by atoms with E-state index in [9.17, 15) is 4.79 Å². The highest BCUT2D eigenvalue weighted by atomic mass is 32.2. The summed E-state index contributed by atoms with van der Waals surface area (Å²) in [5, 5.41) is -0.0952. The van der Waals surface area contributed by atoms with E-state index in [1.807, 2.05) is 48.5 Å². The molecule has 0 N–H and O–H groups in total. The normalized spacial score (nSPS) is 12.0. The largest absolute Gasteiger partial charge is 0.293 e. The number of rotatable bonds is 15. The maximum absolute atomic E-state index is 13.0. The number of ketones is 1. The zero-order valence-corrected chi connectivity index (χ0v) is 18.3. The second-order valence-corrected chi connectivity index (χ2v) is 8.79. The Morgan fingerprint density at radius 2 is 1.21 bits per heavy atom. The minimum absolute atomic E-state index is 0.0952. The highest BCUT2D eigenvalue weighted by molar-refractivity contribution is 8.00. The van der Waals surface area contributed by atoms with Crippen LogP contribution in [0.15, 0.2) is 60.7 Å². The Bertz CT molecular complexity index is 638. The van der Waals surface area contributed by atoms with Crippen LogP contribution in [-0.4, -0.2) is 11.5 Å². The first kappa shape index (κ1) is 22.7. The number of thioether (sulfide) groups is 1. The Hall–Kier alpha value is -1.54. The molecule has 1 atom stereocenters. The fraction of sp³-hybridized carbons (Fsp3) is 0.500. The maximum atomic E-state index is 13.0. The third-order valence-corrected chi connectivity index (χ3v) is 6.53. The minimum Gasteiger partial charge on any atom is -0.293 e. The van der Waals surface area contributed by atoms with Gasteiger partial charge in [-0.15, -0.1) is 11.8 Å². The van der Waals surface area contributed by atoms with E-state index in [4.69, 9.17) is 0 Å². The van der Waals surface area contributed by atoms with Crippen molar-refractivity contribution in [3.63, 3.8) is 0 Å². The average Bonchev–Trinajstić information content (AvgIpc) is 2.75. The first-order valence-corrected chi connectivity index (χ1v) is 12.1. The number of carbonyl (C=O) groups is 1. The molecule has 152 valence electrons. The van der Waals surface area contributed by atoms with Crippen LogP contribution >= 0.6 is 11.8 Å². The quantitative estimate of drug-likeness (QED) is 0.222. The van der Waals surface area contributed by atoms with Gasteiger partial charge < -0.3 is 0 Å². The summed E-state index contributed by atoms with van der Waals surface area (Å²) in [6.45, 7) is 2.27. The summed E-state index contributed by atoms with van der Waals surface area (Å²) in [5.74, 6) is 1.28. The predicted octanol–water partition coefficient (Wildman–Crippen LogP) is 8.26. The Morgan fingerprint density at radius 3 is 1.79 bits per heavy atom. The van der Waals surface area contributed by atoms with Crippen LogP contribution in [0.4, 0.5) is 0 Å². The summed E-state index contributed by atoms with van der Waals surface area (Å²) in [6.07, 6.45) is 13.5. The van der Waals surface area contributed by atoms with Crippen LogP contribution in [0.2, 0.25) is 0 Å². The fourth-order valence-electron chi connectivity index (χ4n) is 3.50. The lowest BCUT2D eigenvalue weighted by Gasteiger charge is -2.16. The molecule has 0 saturated carbocycles. The van der Waals surface area contributed by atoms with Crippen LogP contribution in [0.3, 0.4) is 0 Å². The molecule has 0 heterocycles.